The molecule has 1 saturated heterocycles. The van der Waals surface area contributed by atoms with Gasteiger partial charge in [0.25, 0.3) is 0 Å². The van der Waals surface area contributed by atoms with Gasteiger partial charge in [0.05, 0.1) is 5.56 Å². The Morgan fingerprint density at radius 2 is 2.00 bits per heavy atom. The van der Waals surface area contributed by atoms with Crippen LogP contribution in [-0.2, 0) is 6.18 Å². The van der Waals surface area contributed by atoms with Crippen LogP contribution in [0.2, 0.25) is 0 Å². The topological polar surface area (TPSA) is 16.1 Å². The van der Waals surface area contributed by atoms with E-state index >= 15 is 0 Å². The zero-order valence-electron chi connectivity index (χ0n) is 10.6. The minimum atomic E-state index is -4.31. The van der Waals surface area contributed by atoms with E-state index in [1.54, 1.807) is 0 Å². The number of rotatable bonds is 2. The summed E-state index contributed by atoms with van der Waals surface area (Å²) in [6.07, 6.45) is -1.12. The van der Waals surface area contributed by atoms with Crippen molar-refractivity contribution < 1.29 is 13.2 Å². The Morgan fingerprint density at radius 1 is 1.37 bits per heavy atom. The lowest BCUT2D eigenvalue weighted by Gasteiger charge is -2.34. The number of anilines is 1. The molecule has 1 aliphatic rings. The third kappa shape index (κ3) is 3.61. The van der Waals surface area contributed by atoms with Crippen LogP contribution >= 0.6 is 15.9 Å². The molecule has 1 aromatic rings. The van der Waals surface area contributed by atoms with Gasteiger partial charge in [0.2, 0.25) is 0 Å². The Labute approximate surface area is 119 Å². The van der Waals surface area contributed by atoms with Crippen molar-refractivity contribution in [2.45, 2.75) is 30.8 Å². The van der Waals surface area contributed by atoms with Crippen molar-refractivity contribution >= 4 is 21.7 Å². The molecule has 1 unspecified atom stereocenters. The summed E-state index contributed by atoms with van der Waals surface area (Å²) in [6, 6.07) is 2.15. The summed E-state index contributed by atoms with van der Waals surface area (Å²) in [5.74, 6) is 1.01. The summed E-state index contributed by atoms with van der Waals surface area (Å²) in [4.78, 5) is 6.44. The number of pyridine rings is 1. The summed E-state index contributed by atoms with van der Waals surface area (Å²) < 4.78 is 38.0. The zero-order valence-corrected chi connectivity index (χ0v) is 12.2. The highest BCUT2D eigenvalue weighted by molar-refractivity contribution is 9.09. The molecule has 1 fully saturated rings. The number of hydrogen-bond donors (Lipinski definition) is 0. The van der Waals surface area contributed by atoms with Gasteiger partial charge in [-0.25, -0.2) is 4.98 Å². The lowest BCUT2D eigenvalue weighted by Crippen LogP contribution is -2.36. The number of nitrogens with zero attached hydrogens (tertiary/aromatic N) is 2. The highest BCUT2D eigenvalue weighted by Crippen LogP contribution is 2.32. The second-order valence-corrected chi connectivity index (χ2v) is 6.35. The first-order chi connectivity index (χ1) is 8.88. The molecule has 0 aliphatic carbocycles. The lowest BCUT2D eigenvalue weighted by molar-refractivity contribution is -0.137. The number of aromatic nitrogens is 1. The average Bonchev–Trinajstić information content (AvgIpc) is 2.38. The van der Waals surface area contributed by atoms with Gasteiger partial charge in [-0.2, -0.15) is 13.2 Å². The van der Waals surface area contributed by atoms with Crippen LogP contribution in [0.5, 0.6) is 0 Å². The maximum Gasteiger partial charge on any atom is 0.416 e. The van der Waals surface area contributed by atoms with Gasteiger partial charge in [0.15, 0.2) is 0 Å². The number of halogens is 4. The van der Waals surface area contributed by atoms with Crippen LogP contribution in [0.15, 0.2) is 18.3 Å². The second-order valence-electron chi connectivity index (χ2n) is 4.90. The normalized spacial score (nSPS) is 19.5. The molecule has 0 bridgehead atoms. The lowest BCUT2D eigenvalue weighted by atomic mass is 9.94. The molecule has 0 radical (unpaired) electrons. The SMILES string of the molecule is CC(Br)C1CCN(c2cc(C(F)(F)F)ccn2)CC1. The summed E-state index contributed by atoms with van der Waals surface area (Å²) in [5.41, 5.74) is -0.631. The van der Waals surface area contributed by atoms with Crippen molar-refractivity contribution in [3.8, 4) is 0 Å². The smallest absolute Gasteiger partial charge is 0.357 e. The molecular formula is C13H16BrF3N2. The number of piperidine rings is 1. The van der Waals surface area contributed by atoms with Gasteiger partial charge in [0.1, 0.15) is 5.82 Å². The van der Waals surface area contributed by atoms with Crippen LogP contribution in [0.1, 0.15) is 25.3 Å². The van der Waals surface area contributed by atoms with Gasteiger partial charge >= 0.3 is 6.18 Å². The Balaban J connectivity index is 2.08. The maximum atomic E-state index is 12.7. The molecule has 0 N–H and O–H groups in total. The molecule has 106 valence electrons. The van der Waals surface area contributed by atoms with E-state index in [0.29, 0.717) is 16.6 Å². The summed E-state index contributed by atoms with van der Waals surface area (Å²) in [5, 5.41) is 0. The molecule has 0 saturated carbocycles. The van der Waals surface area contributed by atoms with Crippen molar-refractivity contribution in [1.29, 1.82) is 0 Å². The molecule has 1 aromatic heterocycles. The van der Waals surface area contributed by atoms with Crippen LogP contribution in [0.3, 0.4) is 0 Å². The highest BCUT2D eigenvalue weighted by Gasteiger charge is 2.31. The minimum Gasteiger partial charge on any atom is -0.357 e. The van der Waals surface area contributed by atoms with Crippen molar-refractivity contribution in [3.05, 3.63) is 23.9 Å². The first-order valence-corrected chi connectivity index (χ1v) is 7.22. The van der Waals surface area contributed by atoms with E-state index < -0.39 is 11.7 Å². The third-order valence-electron chi connectivity index (χ3n) is 3.59. The fourth-order valence-electron chi connectivity index (χ4n) is 2.36. The Kier molecular flexibility index (Phi) is 4.38. The van der Waals surface area contributed by atoms with Crippen LogP contribution in [0.4, 0.5) is 19.0 Å². The predicted molar refractivity (Wildman–Crippen MR) is 72.6 cm³/mol. The van der Waals surface area contributed by atoms with Crippen LogP contribution in [-0.4, -0.2) is 22.9 Å². The fraction of sp³-hybridized carbons (Fsp3) is 0.615. The molecular weight excluding hydrogens is 321 g/mol. The van der Waals surface area contributed by atoms with E-state index in [1.807, 2.05) is 4.90 Å². The van der Waals surface area contributed by atoms with Crippen molar-refractivity contribution in [2.24, 2.45) is 5.92 Å². The molecule has 6 heteroatoms. The molecule has 2 heterocycles. The van der Waals surface area contributed by atoms with Gasteiger partial charge in [-0.1, -0.05) is 22.9 Å². The van der Waals surface area contributed by atoms with Crippen molar-refractivity contribution in [2.75, 3.05) is 18.0 Å². The Morgan fingerprint density at radius 3 is 2.53 bits per heavy atom. The Bertz CT molecular complexity index is 426. The maximum absolute atomic E-state index is 12.7. The number of alkyl halides is 4. The van der Waals surface area contributed by atoms with Crippen LogP contribution < -0.4 is 4.90 Å². The largest absolute Gasteiger partial charge is 0.416 e. The molecule has 0 amide bonds. The van der Waals surface area contributed by atoms with Gasteiger partial charge in [-0.15, -0.1) is 0 Å². The van der Waals surface area contributed by atoms with E-state index in [9.17, 15) is 13.2 Å². The predicted octanol–water partition coefficient (Wildman–Crippen LogP) is 4.10. The van der Waals surface area contributed by atoms with Crippen LogP contribution in [0, 0.1) is 5.92 Å². The quantitative estimate of drug-likeness (QED) is 0.756. The van der Waals surface area contributed by atoms with Gasteiger partial charge < -0.3 is 4.90 Å². The monoisotopic (exact) mass is 336 g/mol. The van der Waals surface area contributed by atoms with Crippen molar-refractivity contribution in [3.63, 3.8) is 0 Å². The Hall–Kier alpha value is -0.780. The molecule has 2 nitrogen and oxygen atoms in total. The van der Waals surface area contributed by atoms with Gasteiger partial charge in [-0.3, -0.25) is 0 Å². The van der Waals surface area contributed by atoms with E-state index in [-0.39, 0.29) is 0 Å². The summed E-state index contributed by atoms with van der Waals surface area (Å²) in [6.45, 7) is 3.63. The molecule has 19 heavy (non-hydrogen) atoms. The third-order valence-corrected chi connectivity index (χ3v) is 4.33. The zero-order chi connectivity index (χ0) is 14.0. The summed E-state index contributed by atoms with van der Waals surface area (Å²) in [7, 11) is 0. The minimum absolute atomic E-state index is 0.426. The van der Waals surface area contributed by atoms with E-state index in [2.05, 4.69) is 27.8 Å². The average molecular weight is 337 g/mol. The van der Waals surface area contributed by atoms with Gasteiger partial charge in [-0.05, 0) is 30.9 Å². The number of hydrogen-bond acceptors (Lipinski definition) is 2. The van der Waals surface area contributed by atoms with E-state index in [1.165, 1.54) is 6.20 Å². The first kappa shape index (κ1) is 14.6. The second kappa shape index (κ2) is 5.69. The van der Waals surface area contributed by atoms with Crippen LogP contribution in [0.25, 0.3) is 0 Å². The molecule has 1 atom stereocenters. The molecule has 1 aliphatic heterocycles. The van der Waals surface area contributed by atoms with Crippen molar-refractivity contribution in [1.82, 2.24) is 4.98 Å². The fourth-order valence-corrected chi connectivity index (χ4v) is 2.88. The highest BCUT2D eigenvalue weighted by atomic mass is 79.9. The van der Waals surface area contributed by atoms with E-state index in [4.69, 9.17) is 0 Å². The van der Waals surface area contributed by atoms with E-state index in [0.717, 1.165) is 38.1 Å². The summed E-state index contributed by atoms with van der Waals surface area (Å²) >= 11 is 3.57. The molecule has 2 rings (SSSR count). The standard InChI is InChI=1S/C13H16BrF3N2/c1-9(14)10-3-6-19(7-4-10)12-8-11(2-5-18-12)13(15,16)17/h2,5,8-10H,3-4,6-7H2,1H3. The molecule has 0 aromatic carbocycles. The molecule has 0 spiro atoms. The first-order valence-electron chi connectivity index (χ1n) is 6.30. The van der Waals surface area contributed by atoms with Gasteiger partial charge in [0, 0.05) is 24.1 Å².